The van der Waals surface area contributed by atoms with Crippen LogP contribution >= 0.6 is 0 Å². The Morgan fingerprint density at radius 3 is 2.76 bits per heavy atom. The number of piperazine rings is 1. The van der Waals surface area contributed by atoms with E-state index in [2.05, 4.69) is 56.6 Å². The zero-order chi connectivity index (χ0) is 25.5. The van der Waals surface area contributed by atoms with Crippen molar-refractivity contribution in [2.75, 3.05) is 36.9 Å². The van der Waals surface area contributed by atoms with Crippen molar-refractivity contribution >= 4 is 39.7 Å². The van der Waals surface area contributed by atoms with Crippen LogP contribution in [0.4, 0.5) is 16.3 Å². The predicted molar refractivity (Wildman–Crippen MR) is 146 cm³/mol. The zero-order valence-electron chi connectivity index (χ0n) is 20.8. The molecule has 37 heavy (non-hydrogen) atoms. The molecule has 4 heterocycles. The lowest BCUT2D eigenvalue weighted by Gasteiger charge is -2.41. The molecule has 1 aliphatic heterocycles. The predicted octanol–water partition coefficient (Wildman–Crippen LogP) is 4.57. The summed E-state index contributed by atoms with van der Waals surface area (Å²) in [6, 6.07) is 20.5. The second-order valence-electron chi connectivity index (χ2n) is 9.52. The maximum absolute atomic E-state index is 12.0. The van der Waals surface area contributed by atoms with Gasteiger partial charge < -0.3 is 29.8 Å². The largest absolute Gasteiger partial charge is 0.465 e. The van der Waals surface area contributed by atoms with Gasteiger partial charge in [0, 0.05) is 50.5 Å². The van der Waals surface area contributed by atoms with Crippen LogP contribution in [0.25, 0.3) is 33.3 Å². The van der Waals surface area contributed by atoms with Crippen molar-refractivity contribution in [1.82, 2.24) is 24.4 Å². The van der Waals surface area contributed by atoms with Gasteiger partial charge in [-0.25, -0.2) is 14.8 Å². The van der Waals surface area contributed by atoms with Crippen molar-refractivity contribution in [2.24, 2.45) is 7.05 Å². The number of amides is 1. The molecule has 1 aliphatic rings. The lowest BCUT2D eigenvalue weighted by atomic mass is 9.99. The van der Waals surface area contributed by atoms with E-state index in [4.69, 9.17) is 4.98 Å². The highest BCUT2D eigenvalue weighted by Crippen LogP contribution is 2.32. The first kappa shape index (κ1) is 22.9. The van der Waals surface area contributed by atoms with Crippen molar-refractivity contribution in [3.63, 3.8) is 0 Å². The summed E-state index contributed by atoms with van der Waals surface area (Å²) in [5.74, 6) is 0.735. The van der Waals surface area contributed by atoms with Crippen LogP contribution in [0.1, 0.15) is 5.56 Å². The van der Waals surface area contributed by atoms with E-state index in [1.165, 1.54) is 0 Å². The number of hydrogen-bond acceptors (Lipinski definition) is 5. The number of nitrogens with one attached hydrogen (secondary N) is 2. The third-order valence-electron chi connectivity index (χ3n) is 7.23. The molecule has 188 valence electrons. The normalized spacial score (nSPS) is 16.0. The average molecular weight is 496 g/mol. The zero-order valence-corrected chi connectivity index (χ0v) is 20.8. The molecule has 0 bridgehead atoms. The van der Waals surface area contributed by atoms with Gasteiger partial charge in [-0.15, -0.1) is 0 Å². The van der Waals surface area contributed by atoms with E-state index in [1.807, 2.05) is 42.9 Å². The van der Waals surface area contributed by atoms with Gasteiger partial charge in [0.15, 0.2) is 5.82 Å². The summed E-state index contributed by atoms with van der Waals surface area (Å²) in [5.41, 5.74) is 6.87. The van der Waals surface area contributed by atoms with E-state index < -0.39 is 6.09 Å². The van der Waals surface area contributed by atoms with Gasteiger partial charge in [-0.2, -0.15) is 0 Å². The van der Waals surface area contributed by atoms with E-state index in [0.717, 1.165) is 50.4 Å². The summed E-state index contributed by atoms with van der Waals surface area (Å²) in [5, 5.41) is 14.0. The molecule has 1 amide bonds. The highest BCUT2D eigenvalue weighted by molar-refractivity contribution is 6.07. The van der Waals surface area contributed by atoms with Crippen LogP contribution in [0.15, 0.2) is 67.0 Å². The highest BCUT2D eigenvalue weighted by Gasteiger charge is 2.30. The summed E-state index contributed by atoms with van der Waals surface area (Å²) in [6.07, 6.45) is 1.57. The van der Waals surface area contributed by atoms with E-state index >= 15 is 0 Å². The molecule has 9 nitrogen and oxygen atoms in total. The molecule has 0 aliphatic carbocycles. The van der Waals surface area contributed by atoms with Gasteiger partial charge in [0.05, 0.1) is 17.9 Å². The van der Waals surface area contributed by atoms with Crippen LogP contribution in [0.3, 0.4) is 0 Å². The fraction of sp³-hybridized carbons (Fsp3) is 0.250. The molecule has 1 atom stereocenters. The van der Waals surface area contributed by atoms with E-state index in [0.29, 0.717) is 26.1 Å². The van der Waals surface area contributed by atoms with Crippen molar-refractivity contribution < 1.29 is 9.90 Å². The number of hydrogen-bond donors (Lipinski definition) is 3. The highest BCUT2D eigenvalue weighted by atomic mass is 16.4. The fourth-order valence-corrected chi connectivity index (χ4v) is 5.42. The first-order valence-corrected chi connectivity index (χ1v) is 12.4. The van der Waals surface area contributed by atoms with Crippen LogP contribution < -0.4 is 10.2 Å². The Hall–Kier alpha value is -4.53. The van der Waals surface area contributed by atoms with Gasteiger partial charge in [-0.05, 0) is 41.8 Å². The summed E-state index contributed by atoms with van der Waals surface area (Å²) in [7, 11) is 3.83. The number of benzene rings is 2. The first-order chi connectivity index (χ1) is 18.0. The molecule has 0 spiro atoms. The lowest BCUT2D eigenvalue weighted by Crippen LogP contribution is -2.55. The van der Waals surface area contributed by atoms with Crippen LogP contribution in [-0.4, -0.2) is 68.3 Å². The molecule has 6 rings (SSSR count). The summed E-state index contributed by atoms with van der Waals surface area (Å²) in [6.45, 7) is 1.82. The van der Waals surface area contributed by atoms with E-state index in [1.54, 1.807) is 11.2 Å². The van der Waals surface area contributed by atoms with Crippen molar-refractivity contribution in [2.45, 2.75) is 12.5 Å². The minimum Gasteiger partial charge on any atom is -0.465 e. The second-order valence-corrected chi connectivity index (χ2v) is 9.52. The number of pyridine rings is 1. The molecule has 2 aromatic carbocycles. The lowest BCUT2D eigenvalue weighted by molar-refractivity contribution is 0.118. The number of H-pyrrole nitrogens is 1. The third kappa shape index (κ3) is 4.12. The third-order valence-corrected chi connectivity index (χ3v) is 7.23. The Kier molecular flexibility index (Phi) is 5.67. The number of imidazole rings is 1. The van der Waals surface area contributed by atoms with E-state index in [-0.39, 0.29) is 6.04 Å². The molecule has 1 unspecified atom stereocenters. The average Bonchev–Trinajstić information content (AvgIpc) is 3.52. The van der Waals surface area contributed by atoms with Crippen LogP contribution in [0.5, 0.6) is 0 Å². The number of fused-ring (bicyclic) bond motifs is 3. The van der Waals surface area contributed by atoms with Crippen LogP contribution in [0.2, 0.25) is 0 Å². The molecule has 0 saturated carbocycles. The smallest absolute Gasteiger partial charge is 0.407 e. The number of nitrogens with zero attached hydrogens (tertiary/aromatic N) is 5. The standard InChI is InChI=1S/C28H29N7O2/c1-29-27-24-25(33(2)17-30-24)22-15-23(31-26(22)32-27)19-8-6-7-18(13-19)14-21-16-34(11-12-35(21)28(36)37)20-9-4-3-5-10-20/h3-10,13,15,17,21H,11-12,14,16H2,1-2H3,(H,36,37)(H2,29,31,32). The van der Waals surface area contributed by atoms with Crippen LogP contribution in [-0.2, 0) is 13.5 Å². The quantitative estimate of drug-likeness (QED) is 0.330. The Morgan fingerprint density at radius 1 is 1.14 bits per heavy atom. The van der Waals surface area contributed by atoms with Crippen LogP contribution in [0, 0.1) is 0 Å². The fourth-order valence-electron chi connectivity index (χ4n) is 5.42. The molecule has 3 N–H and O–H groups in total. The Labute approximate surface area is 214 Å². The van der Waals surface area contributed by atoms with Gasteiger partial charge in [0.2, 0.25) is 0 Å². The second kappa shape index (κ2) is 9.16. The summed E-state index contributed by atoms with van der Waals surface area (Å²) < 4.78 is 2.01. The summed E-state index contributed by atoms with van der Waals surface area (Å²) >= 11 is 0. The first-order valence-electron chi connectivity index (χ1n) is 12.4. The molecule has 1 fully saturated rings. The number of aromatic amines is 1. The number of carbonyl (C=O) groups is 1. The number of aromatic nitrogens is 4. The number of aryl methyl sites for hydroxylation is 1. The molecule has 5 aromatic rings. The molecule has 3 aromatic heterocycles. The molecule has 1 saturated heterocycles. The molecule has 0 radical (unpaired) electrons. The Morgan fingerprint density at radius 2 is 1.97 bits per heavy atom. The number of anilines is 2. The van der Waals surface area contributed by atoms with Gasteiger partial charge in [0.1, 0.15) is 11.2 Å². The van der Waals surface area contributed by atoms with Gasteiger partial charge in [-0.3, -0.25) is 0 Å². The van der Waals surface area contributed by atoms with Gasteiger partial charge >= 0.3 is 6.09 Å². The Balaban J connectivity index is 1.32. The van der Waals surface area contributed by atoms with Crippen molar-refractivity contribution in [3.8, 4) is 11.3 Å². The van der Waals surface area contributed by atoms with Crippen molar-refractivity contribution in [1.29, 1.82) is 0 Å². The number of rotatable bonds is 5. The molecular formula is C28H29N7O2. The topological polar surface area (TPSA) is 102 Å². The SMILES string of the molecule is CNc1nc2[nH]c(-c3cccc(CC4CN(c5ccccc5)CCN4C(=O)O)c3)cc2c2c1ncn2C. The summed E-state index contributed by atoms with van der Waals surface area (Å²) in [4.78, 5) is 28.6. The minimum absolute atomic E-state index is 0.140. The maximum Gasteiger partial charge on any atom is 0.407 e. The Bertz CT molecular complexity index is 1590. The minimum atomic E-state index is -0.865. The van der Waals surface area contributed by atoms with Gasteiger partial charge in [-0.1, -0.05) is 36.4 Å². The van der Waals surface area contributed by atoms with E-state index in [9.17, 15) is 9.90 Å². The molecular weight excluding hydrogens is 466 g/mol. The van der Waals surface area contributed by atoms with Gasteiger partial charge in [0.25, 0.3) is 0 Å². The molecule has 9 heteroatoms. The monoisotopic (exact) mass is 495 g/mol. The maximum atomic E-state index is 12.0. The van der Waals surface area contributed by atoms with Crippen molar-refractivity contribution in [3.05, 3.63) is 72.6 Å². The number of carboxylic acid groups (broad SMARTS) is 1. The number of para-hydroxylation sites is 1.